The summed E-state index contributed by atoms with van der Waals surface area (Å²) >= 11 is 0. The summed E-state index contributed by atoms with van der Waals surface area (Å²) in [5, 5.41) is 11.7. The fraction of sp³-hybridized carbons (Fsp3) is 0.625. The molecule has 1 aromatic heterocycles. The lowest BCUT2D eigenvalue weighted by molar-refractivity contribution is -0.204. The van der Waals surface area contributed by atoms with Gasteiger partial charge in [0.2, 0.25) is 0 Å². The third-order valence-electron chi connectivity index (χ3n) is 11.1. The summed E-state index contributed by atoms with van der Waals surface area (Å²) in [6.45, 7) is 13.1. The molecule has 0 saturated heterocycles. The molecule has 1 aliphatic heterocycles. The molecular weight excluding hydrogens is 506 g/mol. The fourth-order valence-corrected chi connectivity index (χ4v) is 8.39. The maximum atomic E-state index is 14.0. The molecule has 0 aromatic carbocycles. The first kappa shape index (κ1) is 28.5. The summed E-state index contributed by atoms with van der Waals surface area (Å²) in [6.07, 6.45) is 14.6. The van der Waals surface area contributed by atoms with Crippen LogP contribution < -0.4 is 0 Å². The van der Waals surface area contributed by atoms with Crippen LogP contribution in [-0.4, -0.2) is 56.0 Å². The van der Waals surface area contributed by atoms with Crippen LogP contribution in [-0.2, 0) is 25.8 Å². The number of carbonyl (C=O) groups excluding carboxylic acids is 3. The van der Waals surface area contributed by atoms with Crippen LogP contribution in [0.1, 0.15) is 66.2 Å². The van der Waals surface area contributed by atoms with Crippen LogP contribution in [0.15, 0.2) is 55.2 Å². The van der Waals surface area contributed by atoms with Gasteiger partial charge in [-0.1, -0.05) is 45.9 Å². The highest BCUT2D eigenvalue weighted by Gasteiger charge is 2.68. The molecular formula is C32H43N3O5. The number of esters is 1. The topological polar surface area (TPSA) is 102 Å². The number of hydrogen-bond acceptors (Lipinski definition) is 6. The third kappa shape index (κ3) is 4.39. The molecule has 4 aliphatic rings. The maximum absolute atomic E-state index is 14.0. The van der Waals surface area contributed by atoms with Gasteiger partial charge in [0.25, 0.3) is 5.91 Å². The van der Waals surface area contributed by atoms with Crippen molar-refractivity contribution in [2.24, 2.45) is 34.0 Å². The van der Waals surface area contributed by atoms with E-state index in [2.05, 4.69) is 32.3 Å². The van der Waals surface area contributed by atoms with Crippen molar-refractivity contribution >= 4 is 17.7 Å². The van der Waals surface area contributed by atoms with Gasteiger partial charge in [0.05, 0.1) is 19.1 Å². The first-order chi connectivity index (χ1) is 19.0. The van der Waals surface area contributed by atoms with Crippen molar-refractivity contribution in [1.82, 2.24) is 14.5 Å². The van der Waals surface area contributed by atoms with E-state index in [4.69, 9.17) is 4.74 Å². The molecule has 5 rings (SSSR count). The molecule has 2 heterocycles. The quantitative estimate of drug-likeness (QED) is 0.331. The molecule has 2 bridgehead atoms. The van der Waals surface area contributed by atoms with Gasteiger partial charge in [-0.15, -0.1) is 6.58 Å². The smallest absolute Gasteiger partial charge is 0.344 e. The number of aromatic nitrogens is 2. The zero-order valence-corrected chi connectivity index (χ0v) is 24.2. The highest BCUT2D eigenvalue weighted by Crippen LogP contribution is 2.68. The zero-order chi connectivity index (χ0) is 28.9. The number of hydrogen-bond donors (Lipinski definition) is 1. The average Bonchev–Trinajstić information content (AvgIpc) is 3.57. The SMILES string of the molecule is C=C[C@]1(C)C[C@@H](OC(=O)/C2=C/C=C/CCN(Cn3ccnc3)C2=O)[C@]2(C)C(C)CC[C@]3(CCC(=O)C32)[C@@H](C)[C@@H]1O. The molecule has 1 N–H and O–H groups in total. The summed E-state index contributed by atoms with van der Waals surface area (Å²) in [5.74, 6) is -1.20. The lowest BCUT2D eigenvalue weighted by Crippen LogP contribution is -2.63. The number of aliphatic hydroxyl groups is 1. The summed E-state index contributed by atoms with van der Waals surface area (Å²) in [6, 6.07) is 0. The highest BCUT2D eigenvalue weighted by molar-refractivity contribution is 6.16. The molecule has 8 nitrogen and oxygen atoms in total. The summed E-state index contributed by atoms with van der Waals surface area (Å²) in [4.78, 5) is 47.0. The molecule has 8 heteroatoms. The van der Waals surface area contributed by atoms with Crippen molar-refractivity contribution in [3.8, 4) is 0 Å². The Kier molecular flexibility index (Phi) is 7.44. The van der Waals surface area contributed by atoms with Crippen molar-refractivity contribution in [3.05, 3.63) is 55.2 Å². The second kappa shape index (κ2) is 10.4. The molecule has 1 aromatic rings. The van der Waals surface area contributed by atoms with Crippen LogP contribution in [0.2, 0.25) is 0 Å². The van der Waals surface area contributed by atoms with E-state index in [9.17, 15) is 19.5 Å². The number of rotatable bonds is 5. The minimum atomic E-state index is -0.742. The van der Waals surface area contributed by atoms with Gasteiger partial charge in [-0.05, 0) is 55.4 Å². The van der Waals surface area contributed by atoms with Crippen LogP contribution in [0.5, 0.6) is 0 Å². The normalized spacial score (nSPS) is 42.0. The van der Waals surface area contributed by atoms with Crippen molar-refractivity contribution in [1.29, 1.82) is 0 Å². The fourth-order valence-electron chi connectivity index (χ4n) is 8.39. The Morgan fingerprint density at radius 3 is 2.75 bits per heavy atom. The summed E-state index contributed by atoms with van der Waals surface area (Å²) < 4.78 is 8.18. The van der Waals surface area contributed by atoms with E-state index in [0.29, 0.717) is 25.8 Å². The maximum Gasteiger partial charge on any atom is 0.344 e. The number of imidazole rings is 1. The molecule has 3 saturated carbocycles. The van der Waals surface area contributed by atoms with Gasteiger partial charge in [0.15, 0.2) is 0 Å². The molecule has 3 fully saturated rings. The van der Waals surface area contributed by atoms with Gasteiger partial charge in [-0.25, -0.2) is 9.78 Å². The second-order valence-corrected chi connectivity index (χ2v) is 13.1. The average molecular weight is 550 g/mol. The number of allylic oxidation sites excluding steroid dienone is 2. The van der Waals surface area contributed by atoms with Crippen molar-refractivity contribution in [2.75, 3.05) is 6.54 Å². The van der Waals surface area contributed by atoms with E-state index in [1.165, 1.54) is 6.08 Å². The Balaban J connectivity index is 1.53. The molecule has 3 aliphatic carbocycles. The Labute approximate surface area is 237 Å². The van der Waals surface area contributed by atoms with Crippen LogP contribution >= 0.6 is 0 Å². The minimum Gasteiger partial charge on any atom is -0.458 e. The predicted octanol–water partition coefficient (Wildman–Crippen LogP) is 4.46. The lowest BCUT2D eigenvalue weighted by atomic mass is 9.44. The lowest BCUT2D eigenvalue weighted by Gasteiger charge is -2.61. The number of Topliss-reactive ketones (excluding diaryl/α,β-unsaturated/α-hetero) is 1. The third-order valence-corrected chi connectivity index (χ3v) is 11.1. The first-order valence-corrected chi connectivity index (χ1v) is 14.6. The standard InChI is InChI=1S/C32H43N3O5/c1-6-30(4)18-25(31(5)21(2)11-13-32(22(3)27(30)37)14-12-24(36)26(31)32)40-29(39)23-10-8-7-9-16-35(28(23)38)20-34-17-15-33-19-34/h6-8,10,15,17,19,21-22,25-27,37H,1,9,11-14,16,18,20H2,2-5H3/b8-7+,23-10+/t21?,22-,25+,26?,27-,30+,31-,32-/m0/s1. The van der Waals surface area contributed by atoms with Crippen LogP contribution in [0.4, 0.5) is 0 Å². The molecule has 40 heavy (non-hydrogen) atoms. The Morgan fingerprint density at radius 1 is 1.27 bits per heavy atom. The van der Waals surface area contributed by atoms with E-state index in [1.807, 2.05) is 13.0 Å². The monoisotopic (exact) mass is 549 g/mol. The summed E-state index contributed by atoms with van der Waals surface area (Å²) in [7, 11) is 0. The van der Waals surface area contributed by atoms with Gasteiger partial charge >= 0.3 is 5.97 Å². The molecule has 2 unspecified atom stereocenters. The van der Waals surface area contributed by atoms with Gasteiger partial charge in [-0.3, -0.25) is 9.59 Å². The van der Waals surface area contributed by atoms with E-state index < -0.39 is 34.9 Å². The number of aliphatic hydroxyl groups excluding tert-OH is 1. The Bertz CT molecular complexity index is 1240. The number of amides is 1. The highest BCUT2D eigenvalue weighted by atomic mass is 16.5. The number of ether oxygens (including phenoxy) is 1. The van der Waals surface area contributed by atoms with E-state index in [0.717, 1.165) is 19.3 Å². The Morgan fingerprint density at radius 2 is 2.05 bits per heavy atom. The van der Waals surface area contributed by atoms with Crippen molar-refractivity contribution in [3.63, 3.8) is 0 Å². The van der Waals surface area contributed by atoms with E-state index in [1.54, 1.807) is 40.3 Å². The van der Waals surface area contributed by atoms with Gasteiger partial charge in [0, 0.05) is 42.1 Å². The molecule has 1 amide bonds. The zero-order valence-electron chi connectivity index (χ0n) is 24.2. The van der Waals surface area contributed by atoms with Crippen molar-refractivity contribution < 1.29 is 24.2 Å². The minimum absolute atomic E-state index is 0.0385. The van der Waals surface area contributed by atoms with Gasteiger partial charge in [0.1, 0.15) is 17.5 Å². The largest absolute Gasteiger partial charge is 0.458 e. The number of ketones is 1. The van der Waals surface area contributed by atoms with Crippen molar-refractivity contribution in [2.45, 2.75) is 85.1 Å². The molecule has 0 radical (unpaired) electrons. The van der Waals surface area contributed by atoms with Gasteiger partial charge in [-0.2, -0.15) is 0 Å². The van der Waals surface area contributed by atoms with E-state index >= 15 is 0 Å². The molecule has 216 valence electrons. The number of nitrogens with zero attached hydrogens (tertiary/aromatic N) is 3. The van der Waals surface area contributed by atoms with Gasteiger partial charge < -0.3 is 19.3 Å². The second-order valence-electron chi connectivity index (χ2n) is 13.1. The van der Waals surface area contributed by atoms with E-state index in [-0.39, 0.29) is 41.2 Å². The van der Waals surface area contributed by atoms with Crippen LogP contribution in [0.25, 0.3) is 0 Å². The molecule has 8 atom stereocenters. The predicted molar refractivity (Wildman–Crippen MR) is 150 cm³/mol. The summed E-state index contributed by atoms with van der Waals surface area (Å²) in [5.41, 5.74) is -1.77. The molecule has 0 spiro atoms. The number of carbonyl (C=O) groups is 3. The van der Waals surface area contributed by atoms with Crippen LogP contribution in [0, 0.1) is 34.0 Å². The first-order valence-electron chi connectivity index (χ1n) is 14.6. The Hall–Kier alpha value is -3.00. The van der Waals surface area contributed by atoms with Crippen LogP contribution in [0.3, 0.4) is 0 Å².